The minimum Gasteiger partial charge on any atom is -0.486 e. The third kappa shape index (κ3) is 6.73. The zero-order valence-electron chi connectivity index (χ0n) is 28.4. The summed E-state index contributed by atoms with van der Waals surface area (Å²) in [5.74, 6) is 1.05. The quantitative estimate of drug-likeness (QED) is 0.128. The standard InChI is InChI=1S/C23H13FN3O.C18H24NSi.Ir/c1-27-19-11-14(24)9-10-18(19)26-22(27)17-8-4-7-16-20-15-6-3-2-5-13(15)12-25-23(20)28-21(16)17;1-14(2)11-16-12-17(15-9-7-6-8-10-15)19-13-18(16)20(3,4)5;/h2-7,9-12H,1H3;6-9,12-14H,11H2,1-5H3;/q2*-1;. The number of fused-ring (bicyclic) bond motifs is 6. The van der Waals surface area contributed by atoms with Crippen LogP contribution in [0.1, 0.15) is 19.4 Å². The Morgan fingerprint density at radius 2 is 1.67 bits per heavy atom. The van der Waals surface area contributed by atoms with Crippen LogP contribution in [0.5, 0.6) is 0 Å². The normalized spacial score (nSPS) is 11.7. The summed E-state index contributed by atoms with van der Waals surface area (Å²) in [4.78, 5) is 13.9. The maximum atomic E-state index is 13.7. The summed E-state index contributed by atoms with van der Waals surface area (Å²) in [6, 6.07) is 33.4. The van der Waals surface area contributed by atoms with E-state index in [1.54, 1.807) is 6.07 Å². The Morgan fingerprint density at radius 1 is 0.878 bits per heavy atom. The van der Waals surface area contributed by atoms with Gasteiger partial charge in [-0.15, -0.1) is 54.1 Å². The maximum Gasteiger partial charge on any atom is 0.216 e. The Bertz CT molecular complexity index is 2430. The van der Waals surface area contributed by atoms with Gasteiger partial charge in [-0.25, -0.2) is 9.37 Å². The molecule has 0 aliphatic heterocycles. The summed E-state index contributed by atoms with van der Waals surface area (Å²) in [5, 5.41) is 5.59. The number of nitrogens with zero attached hydrogens (tertiary/aromatic N) is 4. The first-order valence-corrected chi connectivity index (χ1v) is 19.8. The number of imidazole rings is 1. The molecule has 8 heteroatoms. The SMILES string of the molecule is CC(C)Cc1cc(-c2[c-]cccc2)ncc1[Si](C)(C)C.Cn1c(-c2[c-]ccc3c2oc2ncc4ccccc4c23)nc2ccc(F)cc21.[Ir]. The monoisotopic (exact) mass is 841 g/mol. The molecule has 0 aliphatic rings. The van der Waals surface area contributed by atoms with E-state index in [0.29, 0.717) is 23.0 Å². The zero-order valence-corrected chi connectivity index (χ0v) is 31.8. The molecule has 0 amide bonds. The van der Waals surface area contributed by atoms with Crippen molar-refractivity contribution in [2.75, 3.05) is 0 Å². The molecule has 0 atom stereocenters. The number of rotatable bonds is 5. The fourth-order valence-electron chi connectivity index (χ4n) is 6.40. The Labute approximate surface area is 300 Å². The van der Waals surface area contributed by atoms with Crippen molar-refractivity contribution in [1.29, 1.82) is 0 Å². The molecule has 4 aromatic carbocycles. The number of benzene rings is 4. The second kappa shape index (κ2) is 13.8. The van der Waals surface area contributed by atoms with E-state index in [0.717, 1.165) is 55.8 Å². The number of furan rings is 1. The van der Waals surface area contributed by atoms with Crippen molar-refractivity contribution in [3.63, 3.8) is 0 Å². The van der Waals surface area contributed by atoms with Crippen molar-refractivity contribution >= 4 is 57.1 Å². The minimum absolute atomic E-state index is 0. The number of pyridine rings is 2. The molecule has 0 fully saturated rings. The largest absolute Gasteiger partial charge is 0.486 e. The first-order chi connectivity index (χ1) is 23.1. The van der Waals surface area contributed by atoms with Crippen molar-refractivity contribution in [2.45, 2.75) is 39.9 Å². The van der Waals surface area contributed by atoms with Crippen LogP contribution in [0, 0.1) is 23.9 Å². The van der Waals surface area contributed by atoms with Gasteiger partial charge in [-0.3, -0.25) is 4.98 Å². The summed E-state index contributed by atoms with van der Waals surface area (Å²) in [5.41, 5.74) is 7.05. The molecular formula is C41H37FIrN4OSi-2. The van der Waals surface area contributed by atoms with Crippen LogP contribution >= 0.6 is 0 Å². The molecule has 49 heavy (non-hydrogen) atoms. The van der Waals surface area contributed by atoms with E-state index in [1.165, 1.54) is 22.9 Å². The molecule has 1 radical (unpaired) electrons. The fourth-order valence-corrected chi connectivity index (χ4v) is 7.99. The predicted octanol–water partition coefficient (Wildman–Crippen LogP) is 9.92. The van der Waals surface area contributed by atoms with Crippen molar-refractivity contribution < 1.29 is 28.9 Å². The molecule has 0 saturated heterocycles. The molecule has 8 rings (SSSR count). The van der Waals surface area contributed by atoms with E-state index >= 15 is 0 Å². The molecule has 0 saturated carbocycles. The predicted molar refractivity (Wildman–Crippen MR) is 198 cm³/mol. The minimum atomic E-state index is -1.34. The second-order valence-electron chi connectivity index (χ2n) is 13.7. The van der Waals surface area contributed by atoms with Gasteiger partial charge in [0.15, 0.2) is 0 Å². The summed E-state index contributed by atoms with van der Waals surface area (Å²) >= 11 is 0. The van der Waals surface area contributed by atoms with Crippen molar-refractivity contribution in [3.8, 4) is 22.6 Å². The average Bonchev–Trinajstić information content (AvgIpc) is 3.62. The first kappa shape index (κ1) is 34.4. The van der Waals surface area contributed by atoms with Crippen molar-refractivity contribution in [3.05, 3.63) is 121 Å². The van der Waals surface area contributed by atoms with Gasteiger partial charge >= 0.3 is 0 Å². The number of hydrogen-bond acceptors (Lipinski definition) is 4. The van der Waals surface area contributed by atoms with Crippen LogP contribution in [0.15, 0.2) is 102 Å². The summed E-state index contributed by atoms with van der Waals surface area (Å²) in [6.45, 7) is 11.7. The molecule has 0 bridgehead atoms. The Hall–Kier alpha value is -4.49. The molecule has 0 N–H and O–H groups in total. The second-order valence-corrected chi connectivity index (χ2v) is 18.7. The van der Waals surface area contributed by atoms with Gasteiger partial charge in [0.1, 0.15) is 5.82 Å². The van der Waals surface area contributed by atoms with Crippen LogP contribution < -0.4 is 5.19 Å². The van der Waals surface area contributed by atoms with Gasteiger partial charge in [0.2, 0.25) is 5.71 Å². The molecule has 4 heterocycles. The van der Waals surface area contributed by atoms with Crippen molar-refractivity contribution in [2.24, 2.45) is 13.0 Å². The fraction of sp³-hybridized carbons (Fsp3) is 0.195. The molecule has 0 spiro atoms. The smallest absolute Gasteiger partial charge is 0.216 e. The molecule has 8 aromatic rings. The Balaban J connectivity index is 0.000000177. The van der Waals surface area contributed by atoms with Crippen molar-refractivity contribution in [1.82, 2.24) is 19.5 Å². The maximum absolute atomic E-state index is 13.7. The molecular weight excluding hydrogens is 804 g/mol. The third-order valence-electron chi connectivity index (χ3n) is 8.66. The van der Waals surface area contributed by atoms with E-state index in [4.69, 9.17) is 9.40 Å². The topological polar surface area (TPSA) is 56.7 Å². The first-order valence-electron chi connectivity index (χ1n) is 16.3. The van der Waals surface area contributed by atoms with Gasteiger partial charge in [-0.1, -0.05) is 80.3 Å². The summed E-state index contributed by atoms with van der Waals surface area (Å²) in [7, 11) is 0.527. The third-order valence-corrected chi connectivity index (χ3v) is 10.7. The van der Waals surface area contributed by atoms with Crippen LogP contribution in [-0.4, -0.2) is 27.6 Å². The van der Waals surface area contributed by atoms with Crippen LogP contribution in [-0.2, 0) is 33.6 Å². The van der Waals surface area contributed by atoms with Gasteiger partial charge in [-0.05, 0) is 46.8 Å². The molecule has 5 nitrogen and oxygen atoms in total. The van der Waals surface area contributed by atoms with Crippen LogP contribution in [0.4, 0.5) is 4.39 Å². The number of hydrogen-bond donors (Lipinski definition) is 0. The van der Waals surface area contributed by atoms with Gasteiger partial charge < -0.3 is 14.0 Å². The van der Waals surface area contributed by atoms with Gasteiger partial charge in [-0.2, -0.15) is 0 Å². The van der Waals surface area contributed by atoms with Gasteiger partial charge in [0.25, 0.3) is 0 Å². The summed E-state index contributed by atoms with van der Waals surface area (Å²) < 4.78 is 21.7. The molecule has 4 aromatic heterocycles. The van der Waals surface area contributed by atoms with Gasteiger partial charge in [0.05, 0.1) is 30.5 Å². The van der Waals surface area contributed by atoms with E-state index in [9.17, 15) is 4.39 Å². The van der Waals surface area contributed by atoms with Gasteiger partial charge in [0, 0.05) is 50.3 Å². The number of aryl methyl sites for hydroxylation is 1. The zero-order chi connectivity index (χ0) is 33.6. The van der Waals surface area contributed by atoms with E-state index in [2.05, 4.69) is 80.0 Å². The molecule has 0 aliphatic carbocycles. The Morgan fingerprint density at radius 3 is 2.43 bits per heavy atom. The van der Waals surface area contributed by atoms with Crippen LogP contribution in [0.25, 0.3) is 66.5 Å². The number of aromatic nitrogens is 4. The average molecular weight is 841 g/mol. The van der Waals surface area contributed by atoms with Crippen LogP contribution in [0.3, 0.4) is 0 Å². The van der Waals surface area contributed by atoms with Crippen LogP contribution in [0.2, 0.25) is 19.6 Å². The van der Waals surface area contributed by atoms with E-state index in [1.807, 2.05) is 66.3 Å². The van der Waals surface area contributed by atoms with E-state index in [-0.39, 0.29) is 25.9 Å². The summed E-state index contributed by atoms with van der Waals surface area (Å²) in [6.07, 6.45) is 5.06. The van der Waals surface area contributed by atoms with E-state index < -0.39 is 8.07 Å². The Kier molecular flexibility index (Phi) is 9.67. The number of halogens is 1. The molecule has 249 valence electrons. The molecule has 0 unspecified atom stereocenters.